The summed E-state index contributed by atoms with van der Waals surface area (Å²) in [6, 6.07) is 11.6. The zero-order valence-corrected chi connectivity index (χ0v) is 13.1. The second-order valence-electron chi connectivity index (χ2n) is 4.86. The number of aromatic nitrogens is 4. The number of methoxy groups -OCH3 is 1. The van der Waals surface area contributed by atoms with Gasteiger partial charge in [-0.25, -0.2) is 9.50 Å². The quantitative estimate of drug-likeness (QED) is 0.621. The predicted molar refractivity (Wildman–Crippen MR) is 90.4 cm³/mol. The van der Waals surface area contributed by atoms with Crippen molar-refractivity contribution in [3.63, 3.8) is 0 Å². The topological polar surface area (TPSA) is 64.3 Å². The molecule has 0 aliphatic carbocycles. The number of hydrogen-bond donors (Lipinski definition) is 1. The predicted octanol–water partition coefficient (Wildman–Crippen LogP) is 3.61. The van der Waals surface area contributed by atoms with Gasteiger partial charge in [0, 0.05) is 23.6 Å². The number of fused-ring (bicyclic) bond motifs is 1. The lowest BCUT2D eigenvalue weighted by molar-refractivity contribution is 0.415. The normalized spacial score (nSPS) is 10.8. The summed E-state index contributed by atoms with van der Waals surface area (Å²) >= 11 is 1.50. The minimum Gasteiger partial charge on any atom is -0.497 e. The number of ether oxygens (including phenoxy) is 1. The maximum absolute atomic E-state index is 5.15. The highest BCUT2D eigenvalue weighted by Crippen LogP contribution is 2.26. The highest BCUT2D eigenvalue weighted by atomic mass is 32.1. The van der Waals surface area contributed by atoms with Crippen LogP contribution in [0, 0.1) is 0 Å². The molecule has 4 aromatic rings. The van der Waals surface area contributed by atoms with E-state index in [1.54, 1.807) is 24.0 Å². The molecule has 6 nitrogen and oxygen atoms in total. The van der Waals surface area contributed by atoms with Crippen LogP contribution in [-0.4, -0.2) is 26.7 Å². The summed E-state index contributed by atoms with van der Waals surface area (Å²) in [5.74, 6) is 0.825. The van der Waals surface area contributed by atoms with Crippen LogP contribution in [0.5, 0.6) is 5.75 Å². The fourth-order valence-electron chi connectivity index (χ4n) is 2.20. The SMILES string of the molecule is COc1ccc(Nc2nn3cc(-c4cccnc4)nc3s2)cc1. The van der Waals surface area contributed by atoms with Gasteiger partial charge in [0.05, 0.1) is 19.0 Å². The van der Waals surface area contributed by atoms with Gasteiger partial charge in [0.2, 0.25) is 10.1 Å². The molecule has 7 heteroatoms. The van der Waals surface area contributed by atoms with E-state index in [0.29, 0.717) is 0 Å². The fourth-order valence-corrected chi connectivity index (χ4v) is 3.00. The highest BCUT2D eigenvalue weighted by Gasteiger charge is 2.10. The van der Waals surface area contributed by atoms with Crippen molar-refractivity contribution in [2.75, 3.05) is 12.4 Å². The summed E-state index contributed by atoms with van der Waals surface area (Å²) < 4.78 is 6.93. The molecule has 0 fully saturated rings. The third-order valence-corrected chi connectivity index (χ3v) is 4.18. The Bertz CT molecular complexity index is 899. The Labute approximate surface area is 136 Å². The van der Waals surface area contributed by atoms with Crippen LogP contribution in [0.4, 0.5) is 10.8 Å². The summed E-state index contributed by atoms with van der Waals surface area (Å²) in [6.07, 6.45) is 5.45. The van der Waals surface area contributed by atoms with Crippen molar-refractivity contribution in [3.8, 4) is 17.0 Å². The number of nitrogens with one attached hydrogen (secondary N) is 1. The summed E-state index contributed by atoms with van der Waals surface area (Å²) in [4.78, 5) is 9.54. The first-order chi connectivity index (χ1) is 11.3. The first kappa shape index (κ1) is 13.7. The summed E-state index contributed by atoms with van der Waals surface area (Å²) in [5.41, 5.74) is 2.80. The van der Waals surface area contributed by atoms with Crippen LogP contribution in [0.1, 0.15) is 0 Å². The molecule has 3 aromatic heterocycles. The van der Waals surface area contributed by atoms with Gasteiger partial charge in [-0.05, 0) is 36.4 Å². The molecule has 0 saturated heterocycles. The first-order valence-electron chi connectivity index (χ1n) is 6.99. The molecule has 0 bridgehead atoms. The van der Waals surface area contributed by atoms with Crippen LogP contribution in [0.3, 0.4) is 0 Å². The second kappa shape index (κ2) is 5.69. The molecule has 0 atom stereocenters. The molecule has 114 valence electrons. The Kier molecular flexibility index (Phi) is 3.39. The molecule has 4 rings (SSSR count). The molecule has 23 heavy (non-hydrogen) atoms. The third kappa shape index (κ3) is 2.74. The summed E-state index contributed by atoms with van der Waals surface area (Å²) in [7, 11) is 1.65. The van der Waals surface area contributed by atoms with Crippen LogP contribution in [0.15, 0.2) is 55.0 Å². The van der Waals surface area contributed by atoms with E-state index in [1.165, 1.54) is 11.3 Å². The van der Waals surface area contributed by atoms with Gasteiger partial charge < -0.3 is 10.1 Å². The molecule has 0 saturated carbocycles. The van der Waals surface area contributed by atoms with E-state index < -0.39 is 0 Å². The Morgan fingerprint density at radius 3 is 2.74 bits per heavy atom. The van der Waals surface area contributed by atoms with Crippen molar-refractivity contribution in [2.24, 2.45) is 0 Å². The molecule has 1 aromatic carbocycles. The number of benzene rings is 1. The molecule has 0 spiro atoms. The van der Waals surface area contributed by atoms with Gasteiger partial charge in [0.25, 0.3) is 0 Å². The maximum Gasteiger partial charge on any atom is 0.214 e. The Balaban J connectivity index is 1.58. The monoisotopic (exact) mass is 323 g/mol. The zero-order valence-electron chi connectivity index (χ0n) is 12.3. The minimum absolute atomic E-state index is 0.787. The molecule has 1 N–H and O–H groups in total. The van der Waals surface area contributed by atoms with Gasteiger partial charge in [-0.15, -0.1) is 5.10 Å². The van der Waals surface area contributed by atoms with E-state index in [0.717, 1.165) is 32.8 Å². The lowest BCUT2D eigenvalue weighted by Gasteiger charge is -2.03. The maximum atomic E-state index is 5.15. The standard InChI is InChI=1S/C16H13N5OS/c1-22-13-6-4-12(5-7-13)18-15-20-21-10-14(19-16(21)23-15)11-3-2-8-17-9-11/h2-10H,1H3,(H,18,20). The van der Waals surface area contributed by atoms with Gasteiger partial charge in [-0.1, -0.05) is 11.3 Å². The Hall–Kier alpha value is -2.93. The molecular weight excluding hydrogens is 310 g/mol. The van der Waals surface area contributed by atoms with E-state index in [9.17, 15) is 0 Å². The summed E-state index contributed by atoms with van der Waals surface area (Å²) in [6.45, 7) is 0. The number of pyridine rings is 1. The largest absolute Gasteiger partial charge is 0.497 e. The molecule has 3 heterocycles. The van der Waals surface area contributed by atoms with Crippen LogP contribution in [-0.2, 0) is 0 Å². The van der Waals surface area contributed by atoms with Gasteiger partial charge >= 0.3 is 0 Å². The van der Waals surface area contributed by atoms with Crippen molar-refractivity contribution in [3.05, 3.63) is 55.0 Å². The Morgan fingerprint density at radius 2 is 2.04 bits per heavy atom. The van der Waals surface area contributed by atoms with Crippen molar-refractivity contribution in [1.29, 1.82) is 0 Å². The van der Waals surface area contributed by atoms with E-state index in [1.807, 2.05) is 42.6 Å². The molecule has 0 radical (unpaired) electrons. The molecule has 0 amide bonds. The average Bonchev–Trinajstić information content (AvgIpc) is 3.15. The highest BCUT2D eigenvalue weighted by molar-refractivity contribution is 7.20. The number of rotatable bonds is 4. The molecule has 0 unspecified atom stereocenters. The van der Waals surface area contributed by atoms with E-state index in [2.05, 4.69) is 20.4 Å². The van der Waals surface area contributed by atoms with Gasteiger partial charge in [-0.2, -0.15) is 0 Å². The van der Waals surface area contributed by atoms with Crippen LogP contribution >= 0.6 is 11.3 Å². The number of anilines is 2. The fraction of sp³-hybridized carbons (Fsp3) is 0.0625. The first-order valence-corrected chi connectivity index (χ1v) is 7.81. The van der Waals surface area contributed by atoms with Crippen molar-refractivity contribution >= 4 is 27.1 Å². The van der Waals surface area contributed by atoms with E-state index in [-0.39, 0.29) is 0 Å². The Morgan fingerprint density at radius 1 is 1.17 bits per heavy atom. The van der Waals surface area contributed by atoms with Crippen LogP contribution in [0.25, 0.3) is 16.2 Å². The van der Waals surface area contributed by atoms with E-state index in [4.69, 9.17) is 4.74 Å². The van der Waals surface area contributed by atoms with Crippen LogP contribution in [0.2, 0.25) is 0 Å². The van der Waals surface area contributed by atoms with Crippen molar-refractivity contribution < 1.29 is 4.74 Å². The molecule has 0 aliphatic heterocycles. The lowest BCUT2D eigenvalue weighted by Crippen LogP contribution is -1.91. The summed E-state index contributed by atoms with van der Waals surface area (Å²) in [5, 5.41) is 8.56. The number of hydrogen-bond acceptors (Lipinski definition) is 6. The molecular formula is C16H13N5OS. The van der Waals surface area contributed by atoms with Gasteiger partial charge in [0.15, 0.2) is 0 Å². The third-order valence-electron chi connectivity index (χ3n) is 3.34. The lowest BCUT2D eigenvalue weighted by atomic mass is 10.2. The molecule has 0 aliphatic rings. The second-order valence-corrected chi connectivity index (χ2v) is 5.81. The number of nitrogens with zero attached hydrogens (tertiary/aromatic N) is 4. The van der Waals surface area contributed by atoms with Crippen molar-refractivity contribution in [2.45, 2.75) is 0 Å². The van der Waals surface area contributed by atoms with Crippen molar-refractivity contribution in [1.82, 2.24) is 19.6 Å². The van der Waals surface area contributed by atoms with Gasteiger partial charge in [-0.3, -0.25) is 4.98 Å². The smallest absolute Gasteiger partial charge is 0.214 e. The average molecular weight is 323 g/mol. The number of imidazole rings is 1. The van der Waals surface area contributed by atoms with Gasteiger partial charge in [0.1, 0.15) is 5.75 Å². The minimum atomic E-state index is 0.787. The van der Waals surface area contributed by atoms with E-state index >= 15 is 0 Å². The zero-order chi connectivity index (χ0) is 15.6. The van der Waals surface area contributed by atoms with Crippen LogP contribution < -0.4 is 10.1 Å².